The van der Waals surface area contributed by atoms with Crippen LogP contribution in [-0.2, 0) is 11.3 Å². The first kappa shape index (κ1) is 13.3. The topological polar surface area (TPSA) is 32.7 Å². The van der Waals surface area contributed by atoms with E-state index in [2.05, 4.69) is 23.6 Å². The zero-order chi connectivity index (χ0) is 12.8. The van der Waals surface area contributed by atoms with Gasteiger partial charge in [-0.15, -0.1) is 6.58 Å². The van der Waals surface area contributed by atoms with Crippen LogP contribution in [0.25, 0.3) is 0 Å². The van der Waals surface area contributed by atoms with Crippen LogP contribution in [0.1, 0.15) is 12.0 Å². The SMILES string of the molecule is C=CCC1(N(CCO)Cc2ccccc2)COC1. The van der Waals surface area contributed by atoms with Crippen molar-refractivity contribution in [2.24, 2.45) is 0 Å². The predicted molar refractivity (Wildman–Crippen MR) is 72.3 cm³/mol. The molecule has 1 aliphatic heterocycles. The van der Waals surface area contributed by atoms with Gasteiger partial charge in [-0.05, 0) is 12.0 Å². The summed E-state index contributed by atoms with van der Waals surface area (Å²) in [4.78, 5) is 2.31. The Labute approximate surface area is 109 Å². The van der Waals surface area contributed by atoms with Gasteiger partial charge in [0.1, 0.15) is 0 Å². The zero-order valence-electron chi connectivity index (χ0n) is 10.7. The molecule has 0 aliphatic carbocycles. The van der Waals surface area contributed by atoms with Gasteiger partial charge in [-0.25, -0.2) is 0 Å². The molecule has 1 heterocycles. The van der Waals surface area contributed by atoms with E-state index in [0.717, 1.165) is 26.2 Å². The Balaban J connectivity index is 2.09. The fourth-order valence-corrected chi connectivity index (χ4v) is 2.44. The Morgan fingerprint density at radius 3 is 2.56 bits per heavy atom. The van der Waals surface area contributed by atoms with Crippen LogP contribution in [0.3, 0.4) is 0 Å². The first-order valence-electron chi connectivity index (χ1n) is 6.39. The molecule has 0 bridgehead atoms. The highest BCUT2D eigenvalue weighted by molar-refractivity contribution is 5.16. The molecule has 18 heavy (non-hydrogen) atoms. The average molecular weight is 247 g/mol. The van der Waals surface area contributed by atoms with Crippen LogP contribution in [0.4, 0.5) is 0 Å². The standard InChI is InChI=1S/C15H21NO2/c1-2-8-15(12-18-13-15)16(9-10-17)11-14-6-4-3-5-7-14/h2-7,17H,1,8-13H2. The summed E-state index contributed by atoms with van der Waals surface area (Å²) in [6.07, 6.45) is 2.84. The molecule has 98 valence electrons. The van der Waals surface area contributed by atoms with Crippen molar-refractivity contribution in [3.05, 3.63) is 48.6 Å². The maximum Gasteiger partial charge on any atom is 0.0716 e. The number of rotatable bonds is 7. The second-order valence-electron chi connectivity index (χ2n) is 4.84. The molecule has 0 spiro atoms. The van der Waals surface area contributed by atoms with Gasteiger partial charge in [-0.1, -0.05) is 36.4 Å². The third-order valence-corrected chi connectivity index (χ3v) is 3.52. The van der Waals surface area contributed by atoms with E-state index in [9.17, 15) is 5.11 Å². The summed E-state index contributed by atoms with van der Waals surface area (Å²) in [6.45, 7) is 6.98. The van der Waals surface area contributed by atoms with Gasteiger partial charge in [0.2, 0.25) is 0 Å². The van der Waals surface area contributed by atoms with Crippen molar-refractivity contribution in [3.63, 3.8) is 0 Å². The van der Waals surface area contributed by atoms with Crippen molar-refractivity contribution < 1.29 is 9.84 Å². The molecule has 2 rings (SSSR count). The molecule has 0 unspecified atom stereocenters. The highest BCUT2D eigenvalue weighted by atomic mass is 16.5. The number of hydrogen-bond donors (Lipinski definition) is 1. The lowest BCUT2D eigenvalue weighted by atomic mass is 9.90. The molecule has 3 heteroatoms. The smallest absolute Gasteiger partial charge is 0.0716 e. The molecule has 1 fully saturated rings. The predicted octanol–water partition coefficient (Wildman–Crippen LogP) is 1.83. The van der Waals surface area contributed by atoms with Crippen LogP contribution in [0.2, 0.25) is 0 Å². The van der Waals surface area contributed by atoms with Gasteiger partial charge < -0.3 is 9.84 Å². The number of benzene rings is 1. The molecule has 1 aromatic carbocycles. The van der Waals surface area contributed by atoms with Crippen LogP contribution >= 0.6 is 0 Å². The quantitative estimate of drug-likeness (QED) is 0.746. The minimum atomic E-state index is 0.0281. The fraction of sp³-hybridized carbons (Fsp3) is 0.467. The van der Waals surface area contributed by atoms with E-state index in [0.29, 0.717) is 6.54 Å². The Morgan fingerprint density at radius 2 is 2.06 bits per heavy atom. The second kappa shape index (κ2) is 6.14. The van der Waals surface area contributed by atoms with Crippen LogP contribution < -0.4 is 0 Å². The first-order valence-corrected chi connectivity index (χ1v) is 6.39. The third-order valence-electron chi connectivity index (χ3n) is 3.52. The molecule has 0 atom stereocenters. The lowest BCUT2D eigenvalue weighted by Gasteiger charge is -2.49. The fourth-order valence-electron chi connectivity index (χ4n) is 2.44. The maximum atomic E-state index is 9.26. The number of nitrogens with zero attached hydrogens (tertiary/aromatic N) is 1. The van der Waals surface area contributed by atoms with Crippen molar-refractivity contribution in [2.45, 2.75) is 18.5 Å². The van der Waals surface area contributed by atoms with Gasteiger partial charge in [0.15, 0.2) is 0 Å². The van der Waals surface area contributed by atoms with E-state index in [1.807, 2.05) is 24.3 Å². The van der Waals surface area contributed by atoms with Crippen molar-refractivity contribution in [3.8, 4) is 0 Å². The van der Waals surface area contributed by atoms with Crippen molar-refractivity contribution in [1.29, 1.82) is 0 Å². The third kappa shape index (κ3) is 2.80. The van der Waals surface area contributed by atoms with Crippen molar-refractivity contribution in [2.75, 3.05) is 26.4 Å². The minimum absolute atomic E-state index is 0.0281. The van der Waals surface area contributed by atoms with Crippen molar-refractivity contribution >= 4 is 0 Å². The van der Waals surface area contributed by atoms with Crippen LogP contribution in [0.5, 0.6) is 0 Å². The summed E-state index contributed by atoms with van der Waals surface area (Å²) in [7, 11) is 0. The van der Waals surface area contributed by atoms with E-state index >= 15 is 0 Å². The number of aliphatic hydroxyl groups is 1. The van der Waals surface area contributed by atoms with Gasteiger partial charge >= 0.3 is 0 Å². The minimum Gasteiger partial charge on any atom is -0.395 e. The molecule has 1 aliphatic rings. The number of aliphatic hydroxyl groups excluding tert-OH is 1. The molecular formula is C15H21NO2. The lowest BCUT2D eigenvalue weighted by molar-refractivity contribution is -0.145. The normalized spacial score (nSPS) is 17.4. The molecule has 0 saturated carbocycles. The number of ether oxygens (including phenoxy) is 1. The monoisotopic (exact) mass is 247 g/mol. The summed E-state index contributed by atoms with van der Waals surface area (Å²) in [5, 5.41) is 9.26. The van der Waals surface area contributed by atoms with Gasteiger partial charge in [-0.2, -0.15) is 0 Å². The molecule has 1 saturated heterocycles. The summed E-state index contributed by atoms with van der Waals surface area (Å²) >= 11 is 0. The average Bonchev–Trinajstić information content (AvgIpc) is 2.35. The van der Waals surface area contributed by atoms with Gasteiger partial charge in [0.05, 0.1) is 25.4 Å². The highest BCUT2D eigenvalue weighted by Crippen LogP contribution is 2.30. The molecule has 1 N–H and O–H groups in total. The molecule has 0 radical (unpaired) electrons. The number of β-amino-alcohol motifs (C(OH)–C–C–N with tert-alkyl or cyclic N) is 1. The molecule has 0 aromatic heterocycles. The van der Waals surface area contributed by atoms with Crippen molar-refractivity contribution in [1.82, 2.24) is 4.90 Å². The van der Waals surface area contributed by atoms with Crippen LogP contribution in [0.15, 0.2) is 43.0 Å². The maximum absolute atomic E-state index is 9.26. The van der Waals surface area contributed by atoms with Crippen LogP contribution in [-0.4, -0.2) is 41.9 Å². The summed E-state index contributed by atoms with van der Waals surface area (Å²) < 4.78 is 5.38. The molecular weight excluding hydrogens is 226 g/mol. The number of hydrogen-bond acceptors (Lipinski definition) is 3. The second-order valence-corrected chi connectivity index (χ2v) is 4.84. The molecule has 0 amide bonds. The van der Waals surface area contributed by atoms with E-state index in [1.165, 1.54) is 5.56 Å². The van der Waals surface area contributed by atoms with Gasteiger partial charge in [0.25, 0.3) is 0 Å². The summed E-state index contributed by atoms with van der Waals surface area (Å²) in [5.74, 6) is 0. The van der Waals surface area contributed by atoms with E-state index < -0.39 is 0 Å². The van der Waals surface area contributed by atoms with E-state index in [1.54, 1.807) is 0 Å². The Hall–Kier alpha value is -1.16. The molecule has 1 aromatic rings. The van der Waals surface area contributed by atoms with Gasteiger partial charge in [-0.3, -0.25) is 4.90 Å². The van der Waals surface area contributed by atoms with E-state index in [-0.39, 0.29) is 12.1 Å². The van der Waals surface area contributed by atoms with Crippen LogP contribution in [0, 0.1) is 0 Å². The first-order chi connectivity index (χ1) is 8.80. The summed E-state index contributed by atoms with van der Waals surface area (Å²) in [6, 6.07) is 10.3. The Kier molecular flexibility index (Phi) is 4.53. The van der Waals surface area contributed by atoms with E-state index in [4.69, 9.17) is 4.74 Å². The Morgan fingerprint density at radius 1 is 1.33 bits per heavy atom. The Bertz CT molecular complexity index is 373. The summed E-state index contributed by atoms with van der Waals surface area (Å²) in [5.41, 5.74) is 1.29. The largest absolute Gasteiger partial charge is 0.395 e. The van der Waals surface area contributed by atoms with Gasteiger partial charge in [0, 0.05) is 13.1 Å². The zero-order valence-corrected chi connectivity index (χ0v) is 10.7. The molecule has 3 nitrogen and oxygen atoms in total. The highest BCUT2D eigenvalue weighted by Gasteiger charge is 2.42. The lowest BCUT2D eigenvalue weighted by Crippen LogP contribution is -2.62.